The van der Waals surface area contributed by atoms with E-state index in [0.717, 1.165) is 0 Å². The molecular weight excluding hydrogens is 168 g/mol. The molecule has 4 nitrogen and oxygen atoms in total. The van der Waals surface area contributed by atoms with Crippen LogP contribution in [0.3, 0.4) is 0 Å². The van der Waals surface area contributed by atoms with E-state index in [1.54, 1.807) is 19.4 Å². The summed E-state index contributed by atoms with van der Waals surface area (Å²) in [5.74, 6) is 0.173. The van der Waals surface area contributed by atoms with Gasteiger partial charge in [0.25, 0.3) is 0 Å². The topological polar surface area (TPSA) is 47.2 Å². The largest absolute Gasteiger partial charge is 0.391 e. The number of aliphatic hydroxyl groups excluding tert-OH is 1. The lowest BCUT2D eigenvalue weighted by Crippen LogP contribution is -2.29. The van der Waals surface area contributed by atoms with Gasteiger partial charge in [-0.05, 0) is 5.92 Å². The molecule has 1 rings (SSSR count). The number of rotatable bonds is 3. The molecule has 0 aromatic carbocycles. The molecule has 0 saturated heterocycles. The van der Waals surface area contributed by atoms with Gasteiger partial charge in [0, 0.05) is 19.4 Å². The van der Waals surface area contributed by atoms with Crippen molar-refractivity contribution in [2.24, 2.45) is 13.0 Å². The third-order valence-electron chi connectivity index (χ3n) is 2.17. The lowest BCUT2D eigenvalue weighted by atomic mass is 10.1. The zero-order chi connectivity index (χ0) is 10.0. The van der Waals surface area contributed by atoms with Crippen LogP contribution in [0, 0.1) is 5.92 Å². The number of aryl methyl sites for hydroxylation is 1. The van der Waals surface area contributed by atoms with Crippen LogP contribution in [0.4, 0.5) is 0 Å². The molecule has 0 fully saturated rings. The smallest absolute Gasteiger partial charge is 0.327 e. The van der Waals surface area contributed by atoms with Gasteiger partial charge in [0.2, 0.25) is 0 Å². The molecule has 1 N–H and O–H groups in total. The third-order valence-corrected chi connectivity index (χ3v) is 2.17. The van der Waals surface area contributed by atoms with Gasteiger partial charge < -0.3 is 9.67 Å². The molecule has 13 heavy (non-hydrogen) atoms. The third kappa shape index (κ3) is 2.21. The Morgan fingerprint density at radius 2 is 2.08 bits per heavy atom. The predicted molar refractivity (Wildman–Crippen MR) is 50.5 cm³/mol. The zero-order valence-corrected chi connectivity index (χ0v) is 8.27. The first-order chi connectivity index (χ1) is 6.02. The lowest BCUT2D eigenvalue weighted by Gasteiger charge is -2.13. The molecule has 1 aromatic rings. The number of nitrogens with zero attached hydrogens (tertiary/aromatic N) is 2. The van der Waals surface area contributed by atoms with Crippen LogP contribution < -0.4 is 5.69 Å². The monoisotopic (exact) mass is 184 g/mol. The average Bonchev–Trinajstić information content (AvgIpc) is 2.36. The summed E-state index contributed by atoms with van der Waals surface area (Å²) in [4.78, 5) is 11.3. The summed E-state index contributed by atoms with van der Waals surface area (Å²) in [6.45, 7) is 4.23. The lowest BCUT2D eigenvalue weighted by molar-refractivity contribution is 0.106. The van der Waals surface area contributed by atoms with Gasteiger partial charge in [-0.2, -0.15) is 0 Å². The Hall–Kier alpha value is -1.03. The summed E-state index contributed by atoms with van der Waals surface area (Å²) in [5, 5.41) is 9.54. The van der Waals surface area contributed by atoms with Crippen LogP contribution in [0.15, 0.2) is 17.2 Å². The van der Waals surface area contributed by atoms with Gasteiger partial charge in [0.05, 0.1) is 12.6 Å². The zero-order valence-electron chi connectivity index (χ0n) is 8.27. The van der Waals surface area contributed by atoms with Crippen molar-refractivity contribution in [3.63, 3.8) is 0 Å². The molecule has 0 radical (unpaired) electrons. The van der Waals surface area contributed by atoms with Crippen LogP contribution in [0.25, 0.3) is 0 Å². The molecule has 1 heterocycles. The Morgan fingerprint density at radius 3 is 2.46 bits per heavy atom. The summed E-state index contributed by atoms with van der Waals surface area (Å²) < 4.78 is 3.01. The molecule has 0 amide bonds. The molecule has 0 aliphatic rings. The van der Waals surface area contributed by atoms with Crippen LogP contribution >= 0.6 is 0 Å². The molecule has 0 saturated carbocycles. The first kappa shape index (κ1) is 10.1. The molecular formula is C9H16N2O2. The summed E-state index contributed by atoms with van der Waals surface area (Å²) in [6.07, 6.45) is 2.92. The second-order valence-corrected chi connectivity index (χ2v) is 3.66. The molecule has 1 aromatic heterocycles. The second-order valence-electron chi connectivity index (χ2n) is 3.66. The molecule has 74 valence electrons. The molecule has 4 heteroatoms. The van der Waals surface area contributed by atoms with Crippen molar-refractivity contribution in [1.82, 2.24) is 9.13 Å². The van der Waals surface area contributed by atoms with E-state index < -0.39 is 6.10 Å². The average molecular weight is 184 g/mol. The summed E-state index contributed by atoms with van der Waals surface area (Å²) in [7, 11) is 1.70. The van der Waals surface area contributed by atoms with Crippen LogP contribution in [-0.4, -0.2) is 20.3 Å². The Morgan fingerprint density at radius 1 is 1.46 bits per heavy atom. The van der Waals surface area contributed by atoms with Gasteiger partial charge in [0.15, 0.2) is 0 Å². The maximum atomic E-state index is 11.3. The van der Waals surface area contributed by atoms with Crippen LogP contribution in [0.5, 0.6) is 0 Å². The van der Waals surface area contributed by atoms with Crippen molar-refractivity contribution in [2.45, 2.75) is 26.5 Å². The molecule has 0 spiro atoms. The van der Waals surface area contributed by atoms with Crippen LogP contribution in [-0.2, 0) is 13.6 Å². The highest BCUT2D eigenvalue weighted by Gasteiger charge is 2.11. The minimum absolute atomic E-state index is 0.0836. The fraction of sp³-hybridized carbons (Fsp3) is 0.667. The first-order valence-electron chi connectivity index (χ1n) is 4.42. The molecule has 1 unspecified atom stereocenters. The van der Waals surface area contributed by atoms with Gasteiger partial charge in [-0.15, -0.1) is 0 Å². The minimum atomic E-state index is -0.458. The highest BCUT2D eigenvalue weighted by molar-refractivity contribution is 4.81. The summed E-state index contributed by atoms with van der Waals surface area (Å²) >= 11 is 0. The Labute approximate surface area is 77.4 Å². The maximum absolute atomic E-state index is 11.3. The minimum Gasteiger partial charge on any atom is -0.391 e. The van der Waals surface area contributed by atoms with Crippen molar-refractivity contribution in [1.29, 1.82) is 0 Å². The Balaban J connectivity index is 2.75. The number of hydrogen-bond acceptors (Lipinski definition) is 2. The number of imidazole rings is 1. The van der Waals surface area contributed by atoms with Gasteiger partial charge in [0.1, 0.15) is 0 Å². The van der Waals surface area contributed by atoms with Crippen molar-refractivity contribution < 1.29 is 5.11 Å². The Kier molecular flexibility index (Phi) is 2.93. The SMILES string of the molecule is CC(C)C(O)Cn1ccn(C)c1=O. The van der Waals surface area contributed by atoms with E-state index in [2.05, 4.69) is 0 Å². The van der Waals surface area contributed by atoms with Gasteiger partial charge in [-0.25, -0.2) is 4.79 Å². The quantitative estimate of drug-likeness (QED) is 0.729. The van der Waals surface area contributed by atoms with Crippen LogP contribution in [0.1, 0.15) is 13.8 Å². The van der Waals surface area contributed by atoms with Gasteiger partial charge >= 0.3 is 5.69 Å². The van der Waals surface area contributed by atoms with Gasteiger partial charge in [-0.3, -0.25) is 4.57 Å². The normalized spacial score (nSPS) is 13.6. The highest BCUT2D eigenvalue weighted by Crippen LogP contribution is 2.02. The van der Waals surface area contributed by atoms with Crippen molar-refractivity contribution >= 4 is 0 Å². The van der Waals surface area contributed by atoms with E-state index in [4.69, 9.17) is 0 Å². The van der Waals surface area contributed by atoms with E-state index in [9.17, 15) is 9.90 Å². The predicted octanol–water partition coefficient (Wildman–Crippen LogP) is 0.204. The van der Waals surface area contributed by atoms with Crippen molar-refractivity contribution in [3.8, 4) is 0 Å². The maximum Gasteiger partial charge on any atom is 0.327 e. The van der Waals surface area contributed by atoms with Crippen molar-refractivity contribution in [2.75, 3.05) is 0 Å². The highest BCUT2D eigenvalue weighted by atomic mass is 16.3. The number of aromatic nitrogens is 2. The Bertz CT molecular complexity index is 325. The second kappa shape index (κ2) is 3.79. The van der Waals surface area contributed by atoms with Crippen LogP contribution in [0.2, 0.25) is 0 Å². The molecule has 0 aliphatic heterocycles. The fourth-order valence-corrected chi connectivity index (χ4v) is 1.06. The molecule has 1 atom stereocenters. The molecule has 0 bridgehead atoms. The molecule has 0 aliphatic carbocycles. The van der Waals surface area contributed by atoms with E-state index in [0.29, 0.717) is 6.54 Å². The fourth-order valence-electron chi connectivity index (χ4n) is 1.06. The van der Waals surface area contributed by atoms with Gasteiger partial charge in [-0.1, -0.05) is 13.8 Å². The number of hydrogen-bond donors (Lipinski definition) is 1. The standard InChI is InChI=1S/C9H16N2O2/c1-7(2)8(12)6-11-5-4-10(3)9(11)13/h4-5,7-8,12H,6H2,1-3H3. The van der Waals surface area contributed by atoms with Crippen molar-refractivity contribution in [3.05, 3.63) is 22.9 Å². The van der Waals surface area contributed by atoms with E-state index in [1.807, 2.05) is 13.8 Å². The van der Waals surface area contributed by atoms with E-state index in [1.165, 1.54) is 9.13 Å². The summed E-state index contributed by atoms with van der Waals surface area (Å²) in [6, 6.07) is 0. The summed E-state index contributed by atoms with van der Waals surface area (Å²) in [5.41, 5.74) is -0.0836. The van der Waals surface area contributed by atoms with E-state index >= 15 is 0 Å². The number of aliphatic hydroxyl groups is 1. The van der Waals surface area contributed by atoms with E-state index in [-0.39, 0.29) is 11.6 Å². The first-order valence-corrected chi connectivity index (χ1v) is 4.42.